The zero-order chi connectivity index (χ0) is 13.1. The molecule has 0 saturated carbocycles. The first-order valence-corrected chi connectivity index (χ1v) is 5.43. The normalized spacial score (nSPS) is 18.9. The van der Waals surface area contributed by atoms with E-state index < -0.39 is 23.4 Å². The van der Waals surface area contributed by atoms with Gasteiger partial charge in [-0.3, -0.25) is 14.5 Å². The second-order valence-electron chi connectivity index (χ2n) is 4.27. The van der Waals surface area contributed by atoms with Crippen molar-refractivity contribution in [2.45, 2.75) is 25.9 Å². The third-order valence-electron chi connectivity index (χ3n) is 2.67. The van der Waals surface area contributed by atoms with Crippen LogP contribution in [0.15, 0.2) is 0 Å². The zero-order valence-corrected chi connectivity index (χ0v) is 9.95. The van der Waals surface area contributed by atoms with Crippen LogP contribution in [-0.4, -0.2) is 53.1 Å². The quantitative estimate of drug-likeness (QED) is 0.529. The number of carbonyl (C=O) groups excluding carboxylic acids is 3. The summed E-state index contributed by atoms with van der Waals surface area (Å²) in [5, 5.41) is 14.5. The van der Waals surface area contributed by atoms with E-state index in [1.165, 1.54) is 0 Å². The fourth-order valence-electron chi connectivity index (χ4n) is 1.23. The molecule has 7 nitrogen and oxygen atoms in total. The highest BCUT2D eigenvalue weighted by Crippen LogP contribution is 2.06. The van der Waals surface area contributed by atoms with Gasteiger partial charge in [0.1, 0.15) is 6.54 Å². The third kappa shape index (κ3) is 3.70. The molecule has 96 valence electrons. The molecular weight excluding hydrogens is 226 g/mol. The Morgan fingerprint density at radius 1 is 1.59 bits per heavy atom. The molecule has 0 radical (unpaired) electrons. The maximum Gasteiger partial charge on any atom is 0.325 e. The van der Waals surface area contributed by atoms with Gasteiger partial charge >= 0.3 is 6.03 Å². The van der Waals surface area contributed by atoms with E-state index in [1.807, 2.05) is 0 Å². The van der Waals surface area contributed by atoms with Crippen LogP contribution < -0.4 is 10.6 Å². The second kappa shape index (κ2) is 5.13. The number of urea groups is 1. The summed E-state index contributed by atoms with van der Waals surface area (Å²) in [7, 11) is 0. The molecule has 1 unspecified atom stereocenters. The molecule has 1 fully saturated rings. The molecule has 0 aromatic carbocycles. The molecule has 0 spiro atoms. The average Bonchev–Trinajstić information content (AvgIpc) is 2.58. The highest BCUT2D eigenvalue weighted by molar-refractivity contribution is 6.04. The fraction of sp³-hybridized carbons (Fsp3) is 0.700. The molecule has 1 atom stereocenters. The summed E-state index contributed by atoms with van der Waals surface area (Å²) < 4.78 is 0. The molecule has 0 aromatic rings. The molecule has 1 aliphatic rings. The highest BCUT2D eigenvalue weighted by atomic mass is 16.3. The van der Waals surface area contributed by atoms with Crippen LogP contribution in [0, 0.1) is 0 Å². The van der Waals surface area contributed by atoms with Crippen molar-refractivity contribution < 1.29 is 19.5 Å². The lowest BCUT2D eigenvalue weighted by Gasteiger charge is -2.22. The topological polar surface area (TPSA) is 98.7 Å². The largest absolute Gasteiger partial charge is 0.388 e. The molecule has 0 bridgehead atoms. The smallest absolute Gasteiger partial charge is 0.325 e. The van der Waals surface area contributed by atoms with E-state index in [4.69, 9.17) is 0 Å². The number of nitrogens with zero attached hydrogens (tertiary/aromatic N) is 1. The van der Waals surface area contributed by atoms with Gasteiger partial charge in [0.15, 0.2) is 0 Å². The SMILES string of the molecule is CCC(C)(O)CNC(=O)CN1C(=O)CNC1=O. The van der Waals surface area contributed by atoms with Crippen LogP contribution in [0.3, 0.4) is 0 Å². The van der Waals surface area contributed by atoms with Gasteiger partial charge in [-0.1, -0.05) is 6.92 Å². The number of rotatable bonds is 5. The Morgan fingerprint density at radius 3 is 2.71 bits per heavy atom. The summed E-state index contributed by atoms with van der Waals surface area (Å²) in [4.78, 5) is 34.6. The molecule has 0 aromatic heterocycles. The number of carbonyl (C=O) groups is 3. The summed E-state index contributed by atoms with van der Waals surface area (Å²) in [6, 6.07) is -0.563. The standard InChI is InChI=1S/C10H17N3O4/c1-3-10(2,17)6-12-7(14)5-13-8(15)4-11-9(13)16/h17H,3-6H2,1-2H3,(H,11,16)(H,12,14). The lowest BCUT2D eigenvalue weighted by Crippen LogP contribution is -2.45. The van der Waals surface area contributed by atoms with Crippen molar-refractivity contribution in [2.75, 3.05) is 19.6 Å². The van der Waals surface area contributed by atoms with E-state index in [-0.39, 0.29) is 19.6 Å². The summed E-state index contributed by atoms with van der Waals surface area (Å²) in [6.07, 6.45) is 0.496. The minimum Gasteiger partial charge on any atom is -0.388 e. The van der Waals surface area contributed by atoms with Crippen molar-refractivity contribution in [1.82, 2.24) is 15.5 Å². The first kappa shape index (κ1) is 13.4. The molecule has 1 rings (SSSR count). The van der Waals surface area contributed by atoms with E-state index >= 15 is 0 Å². The van der Waals surface area contributed by atoms with Crippen molar-refractivity contribution in [3.05, 3.63) is 0 Å². The maximum atomic E-state index is 11.5. The van der Waals surface area contributed by atoms with Crippen molar-refractivity contribution >= 4 is 17.8 Å². The molecule has 1 aliphatic heterocycles. The summed E-state index contributed by atoms with van der Waals surface area (Å²) in [6.45, 7) is 3.10. The van der Waals surface area contributed by atoms with Crippen LogP contribution in [-0.2, 0) is 9.59 Å². The second-order valence-corrected chi connectivity index (χ2v) is 4.27. The van der Waals surface area contributed by atoms with E-state index in [2.05, 4.69) is 10.6 Å². The molecule has 17 heavy (non-hydrogen) atoms. The number of imide groups is 1. The molecular formula is C10H17N3O4. The minimum absolute atomic E-state index is 0.0706. The molecule has 0 aliphatic carbocycles. The number of nitrogens with one attached hydrogen (secondary N) is 2. The van der Waals surface area contributed by atoms with Crippen molar-refractivity contribution in [3.8, 4) is 0 Å². The first-order valence-electron chi connectivity index (χ1n) is 5.43. The van der Waals surface area contributed by atoms with Gasteiger partial charge in [-0.25, -0.2) is 4.79 Å². The van der Waals surface area contributed by atoms with Crippen molar-refractivity contribution in [3.63, 3.8) is 0 Å². The summed E-state index contributed by atoms with van der Waals surface area (Å²) in [5.74, 6) is -0.892. The molecule has 1 heterocycles. The Hall–Kier alpha value is -1.63. The van der Waals surface area contributed by atoms with Gasteiger partial charge in [0, 0.05) is 6.54 Å². The lowest BCUT2D eigenvalue weighted by molar-refractivity contribution is -0.131. The van der Waals surface area contributed by atoms with E-state index in [0.29, 0.717) is 6.42 Å². The van der Waals surface area contributed by atoms with Crippen LogP contribution in [0.4, 0.5) is 4.79 Å². The van der Waals surface area contributed by atoms with Gasteiger partial charge in [0.2, 0.25) is 5.91 Å². The van der Waals surface area contributed by atoms with Crippen LogP contribution in [0.5, 0.6) is 0 Å². The van der Waals surface area contributed by atoms with Gasteiger partial charge in [-0.15, -0.1) is 0 Å². The minimum atomic E-state index is -0.979. The Labute approximate surface area is 99.2 Å². The highest BCUT2D eigenvalue weighted by Gasteiger charge is 2.30. The number of hydrogen-bond donors (Lipinski definition) is 3. The van der Waals surface area contributed by atoms with E-state index in [1.54, 1.807) is 13.8 Å². The van der Waals surface area contributed by atoms with Gasteiger partial charge < -0.3 is 15.7 Å². The lowest BCUT2D eigenvalue weighted by atomic mass is 10.0. The summed E-state index contributed by atoms with van der Waals surface area (Å²) in [5.41, 5.74) is -0.979. The predicted molar refractivity (Wildman–Crippen MR) is 59.0 cm³/mol. The molecule has 7 heteroatoms. The van der Waals surface area contributed by atoms with Crippen LogP contribution in [0.2, 0.25) is 0 Å². The summed E-state index contributed by atoms with van der Waals surface area (Å²) >= 11 is 0. The monoisotopic (exact) mass is 243 g/mol. The van der Waals surface area contributed by atoms with Gasteiger partial charge in [0.25, 0.3) is 5.91 Å². The van der Waals surface area contributed by atoms with Crippen LogP contribution >= 0.6 is 0 Å². The number of hydrogen-bond acceptors (Lipinski definition) is 4. The Morgan fingerprint density at radius 2 is 2.24 bits per heavy atom. The van der Waals surface area contributed by atoms with Crippen molar-refractivity contribution in [1.29, 1.82) is 0 Å². The molecule has 4 amide bonds. The van der Waals surface area contributed by atoms with Crippen LogP contribution in [0.1, 0.15) is 20.3 Å². The Bertz CT molecular complexity index is 324. The van der Waals surface area contributed by atoms with E-state index in [0.717, 1.165) is 4.90 Å². The van der Waals surface area contributed by atoms with Crippen LogP contribution in [0.25, 0.3) is 0 Å². The number of aliphatic hydroxyl groups is 1. The van der Waals surface area contributed by atoms with Gasteiger partial charge in [-0.2, -0.15) is 0 Å². The molecule has 1 saturated heterocycles. The zero-order valence-electron chi connectivity index (χ0n) is 9.95. The average molecular weight is 243 g/mol. The van der Waals surface area contributed by atoms with Gasteiger partial charge in [-0.05, 0) is 13.3 Å². The van der Waals surface area contributed by atoms with Crippen molar-refractivity contribution in [2.24, 2.45) is 0 Å². The predicted octanol–water partition coefficient (Wildman–Crippen LogP) is -1.18. The maximum absolute atomic E-state index is 11.5. The Balaban J connectivity index is 2.40. The Kier molecular flexibility index (Phi) is 4.06. The third-order valence-corrected chi connectivity index (χ3v) is 2.67. The molecule has 3 N–H and O–H groups in total. The fourth-order valence-corrected chi connectivity index (χ4v) is 1.23. The number of amides is 4. The first-order chi connectivity index (χ1) is 7.85. The van der Waals surface area contributed by atoms with Gasteiger partial charge in [0.05, 0.1) is 12.1 Å². The van der Waals surface area contributed by atoms with E-state index in [9.17, 15) is 19.5 Å².